The third kappa shape index (κ3) is 4.63. The maximum Gasteiger partial charge on any atom is 0.263 e. The van der Waals surface area contributed by atoms with E-state index in [4.69, 9.17) is 9.72 Å². The molecule has 3 aromatic carbocycles. The van der Waals surface area contributed by atoms with Gasteiger partial charge in [-0.2, -0.15) is 9.78 Å². The van der Waals surface area contributed by atoms with Gasteiger partial charge >= 0.3 is 0 Å². The number of thiazole rings is 1. The lowest BCUT2D eigenvalue weighted by atomic mass is 10.1. The molecule has 0 aliphatic heterocycles. The number of aromatic nitrogens is 3. The first-order chi connectivity index (χ1) is 16.0. The minimum Gasteiger partial charge on any atom is -0.484 e. The Morgan fingerprint density at radius 1 is 1.00 bits per heavy atom. The zero-order valence-corrected chi connectivity index (χ0v) is 19.1. The van der Waals surface area contributed by atoms with Gasteiger partial charge in [0, 0.05) is 17.0 Å². The topological polar surface area (TPSA) is 69.0 Å². The number of rotatable bonds is 6. The number of nitrogens with one attached hydrogen (secondary N) is 1. The van der Waals surface area contributed by atoms with Gasteiger partial charge in [0.15, 0.2) is 6.61 Å². The Bertz CT molecular complexity index is 1440. The Labute approximate surface area is 195 Å². The molecule has 1 amide bonds. The highest BCUT2D eigenvalue weighted by Crippen LogP contribution is 2.27. The van der Waals surface area contributed by atoms with Gasteiger partial charge < -0.3 is 10.1 Å². The average Bonchev–Trinajstić information content (AvgIpc) is 3.44. The molecule has 0 fully saturated rings. The van der Waals surface area contributed by atoms with E-state index in [9.17, 15) is 4.79 Å². The second-order valence-electron chi connectivity index (χ2n) is 7.81. The van der Waals surface area contributed by atoms with Gasteiger partial charge in [0.1, 0.15) is 11.6 Å². The van der Waals surface area contributed by atoms with Gasteiger partial charge in [-0.3, -0.25) is 4.79 Å². The number of hydrogen-bond acceptors (Lipinski definition) is 5. The van der Waals surface area contributed by atoms with E-state index in [1.807, 2.05) is 60.8 Å². The van der Waals surface area contributed by atoms with Gasteiger partial charge in [0.25, 0.3) is 5.91 Å². The first kappa shape index (κ1) is 20.9. The van der Waals surface area contributed by atoms with Crippen LogP contribution in [-0.2, 0) is 4.79 Å². The van der Waals surface area contributed by atoms with Crippen LogP contribution in [0.3, 0.4) is 0 Å². The monoisotopic (exact) mass is 454 g/mol. The van der Waals surface area contributed by atoms with Crippen LogP contribution in [0.15, 0.2) is 78.2 Å². The first-order valence-corrected chi connectivity index (χ1v) is 11.4. The maximum absolute atomic E-state index is 12.6. The van der Waals surface area contributed by atoms with Gasteiger partial charge in [-0.05, 0) is 36.8 Å². The molecule has 0 spiro atoms. The molecule has 0 unspecified atom stereocenters. The van der Waals surface area contributed by atoms with Crippen LogP contribution in [0.2, 0.25) is 0 Å². The number of carbonyl (C=O) groups is 1. The van der Waals surface area contributed by atoms with Gasteiger partial charge in [-0.25, -0.2) is 4.98 Å². The Balaban J connectivity index is 1.29. The van der Waals surface area contributed by atoms with E-state index in [2.05, 4.69) is 41.6 Å². The molecule has 0 aliphatic rings. The highest BCUT2D eigenvalue weighted by atomic mass is 32.1. The van der Waals surface area contributed by atoms with Crippen LogP contribution in [0.25, 0.3) is 27.2 Å². The number of ether oxygens (including phenoxy) is 1. The summed E-state index contributed by atoms with van der Waals surface area (Å²) >= 11 is 1.47. The van der Waals surface area contributed by atoms with Crippen LogP contribution < -0.4 is 10.1 Å². The van der Waals surface area contributed by atoms with Crippen LogP contribution in [-0.4, -0.2) is 27.3 Å². The second kappa shape index (κ2) is 8.88. The van der Waals surface area contributed by atoms with Crippen LogP contribution in [0.5, 0.6) is 5.75 Å². The van der Waals surface area contributed by atoms with Crippen LogP contribution >= 0.6 is 11.3 Å². The molecular formula is C26H22N4O2S. The number of fused-ring (bicyclic) bond motifs is 1. The summed E-state index contributed by atoms with van der Waals surface area (Å²) < 4.78 is 7.38. The SMILES string of the molecule is Cc1ccc(-c2csc(-n3nc(C)cc3NC(=O)COc3ccc4ccccc4c3)n2)cc1. The average molecular weight is 455 g/mol. The van der Waals surface area contributed by atoms with E-state index in [1.54, 1.807) is 4.68 Å². The molecule has 2 heterocycles. The van der Waals surface area contributed by atoms with Crippen molar-refractivity contribution in [3.8, 4) is 22.1 Å². The molecule has 0 radical (unpaired) electrons. The van der Waals surface area contributed by atoms with Crippen molar-refractivity contribution in [2.45, 2.75) is 13.8 Å². The van der Waals surface area contributed by atoms with Crippen molar-refractivity contribution in [2.24, 2.45) is 0 Å². The Morgan fingerprint density at radius 3 is 2.61 bits per heavy atom. The number of hydrogen-bond donors (Lipinski definition) is 1. The van der Waals surface area contributed by atoms with Crippen molar-refractivity contribution in [3.63, 3.8) is 0 Å². The fourth-order valence-electron chi connectivity index (χ4n) is 3.54. The fourth-order valence-corrected chi connectivity index (χ4v) is 4.33. The van der Waals surface area contributed by atoms with Gasteiger partial charge in [0.2, 0.25) is 5.13 Å². The summed E-state index contributed by atoms with van der Waals surface area (Å²) in [4.78, 5) is 17.3. The predicted octanol–water partition coefficient (Wildman–Crippen LogP) is 5.78. The smallest absolute Gasteiger partial charge is 0.263 e. The maximum atomic E-state index is 12.6. The number of nitrogens with zero attached hydrogens (tertiary/aromatic N) is 3. The predicted molar refractivity (Wildman–Crippen MR) is 132 cm³/mol. The van der Waals surface area contributed by atoms with Crippen molar-refractivity contribution >= 4 is 33.8 Å². The standard InChI is InChI=1S/C26H22N4O2S/c1-17-7-9-20(10-8-17)23-16-33-26(27-23)30-24(13-18(2)29-30)28-25(31)15-32-22-12-11-19-5-3-4-6-21(19)14-22/h3-14,16H,15H2,1-2H3,(H,28,31). The molecule has 33 heavy (non-hydrogen) atoms. The van der Waals surface area contributed by atoms with Gasteiger partial charge in [-0.15, -0.1) is 11.3 Å². The summed E-state index contributed by atoms with van der Waals surface area (Å²) in [6, 6.07) is 23.9. The quantitative estimate of drug-likeness (QED) is 0.353. The molecule has 7 heteroatoms. The Kier molecular flexibility index (Phi) is 5.62. The Hall–Kier alpha value is -3.97. The van der Waals surface area contributed by atoms with Crippen LogP contribution in [0.4, 0.5) is 5.82 Å². The highest BCUT2D eigenvalue weighted by Gasteiger charge is 2.15. The van der Waals surface area contributed by atoms with E-state index in [1.165, 1.54) is 16.9 Å². The van der Waals surface area contributed by atoms with Gasteiger partial charge in [0.05, 0.1) is 11.4 Å². The highest BCUT2D eigenvalue weighted by molar-refractivity contribution is 7.12. The van der Waals surface area contributed by atoms with E-state index in [0.29, 0.717) is 16.7 Å². The molecule has 164 valence electrons. The molecule has 0 saturated heterocycles. The minimum atomic E-state index is -0.264. The molecule has 5 rings (SSSR count). The van der Waals surface area contributed by atoms with E-state index in [-0.39, 0.29) is 12.5 Å². The molecule has 5 aromatic rings. The van der Waals surface area contributed by atoms with E-state index >= 15 is 0 Å². The number of amides is 1. The molecule has 1 N–H and O–H groups in total. The lowest BCUT2D eigenvalue weighted by molar-refractivity contribution is -0.118. The summed E-state index contributed by atoms with van der Waals surface area (Å²) in [5, 5.41) is 12.3. The summed E-state index contributed by atoms with van der Waals surface area (Å²) in [5.41, 5.74) is 3.90. The second-order valence-corrected chi connectivity index (χ2v) is 8.65. The third-order valence-corrected chi connectivity index (χ3v) is 6.03. The van der Waals surface area contributed by atoms with E-state index < -0.39 is 0 Å². The van der Waals surface area contributed by atoms with Crippen molar-refractivity contribution < 1.29 is 9.53 Å². The lowest BCUT2D eigenvalue weighted by Crippen LogP contribution is -2.21. The van der Waals surface area contributed by atoms with Crippen LogP contribution in [0.1, 0.15) is 11.3 Å². The normalized spacial score (nSPS) is 11.0. The third-order valence-electron chi connectivity index (χ3n) is 5.21. The van der Waals surface area contributed by atoms with Crippen LogP contribution in [0, 0.1) is 13.8 Å². The molecule has 0 saturated carbocycles. The summed E-state index contributed by atoms with van der Waals surface area (Å²) in [5.74, 6) is 0.945. The van der Waals surface area contributed by atoms with Crippen molar-refractivity contribution in [2.75, 3.05) is 11.9 Å². The number of benzene rings is 3. The number of anilines is 1. The zero-order chi connectivity index (χ0) is 22.8. The summed E-state index contributed by atoms with van der Waals surface area (Å²) in [6.07, 6.45) is 0. The Morgan fingerprint density at radius 2 is 1.79 bits per heavy atom. The molecule has 2 aromatic heterocycles. The zero-order valence-electron chi connectivity index (χ0n) is 18.3. The van der Waals surface area contributed by atoms with Crippen molar-refractivity contribution in [3.05, 3.63) is 89.4 Å². The van der Waals surface area contributed by atoms with Gasteiger partial charge in [-0.1, -0.05) is 60.2 Å². The van der Waals surface area contributed by atoms with Crippen molar-refractivity contribution in [1.82, 2.24) is 14.8 Å². The first-order valence-electron chi connectivity index (χ1n) is 10.6. The number of carbonyl (C=O) groups excluding carboxylic acids is 1. The molecular weight excluding hydrogens is 432 g/mol. The van der Waals surface area contributed by atoms with Crippen molar-refractivity contribution in [1.29, 1.82) is 0 Å². The number of aryl methyl sites for hydroxylation is 2. The summed E-state index contributed by atoms with van der Waals surface area (Å²) in [6.45, 7) is 3.84. The molecule has 6 nitrogen and oxygen atoms in total. The molecule has 0 atom stereocenters. The molecule has 0 aliphatic carbocycles. The summed E-state index contributed by atoms with van der Waals surface area (Å²) in [7, 11) is 0. The largest absolute Gasteiger partial charge is 0.484 e. The minimum absolute atomic E-state index is 0.102. The molecule has 0 bridgehead atoms. The lowest BCUT2D eigenvalue weighted by Gasteiger charge is -2.09. The van der Waals surface area contributed by atoms with E-state index in [0.717, 1.165) is 27.7 Å². The fraction of sp³-hybridized carbons (Fsp3) is 0.115.